The van der Waals surface area contributed by atoms with Crippen molar-refractivity contribution in [3.8, 4) is 0 Å². The second-order valence-corrected chi connectivity index (χ2v) is 4.92. The van der Waals surface area contributed by atoms with Crippen LogP contribution in [0.3, 0.4) is 0 Å². The molecule has 2 heterocycles. The van der Waals surface area contributed by atoms with Gasteiger partial charge in [0.15, 0.2) is 5.65 Å². The summed E-state index contributed by atoms with van der Waals surface area (Å²) in [4.78, 5) is 11.3. The van der Waals surface area contributed by atoms with Gasteiger partial charge in [0.25, 0.3) is 0 Å². The van der Waals surface area contributed by atoms with Crippen LogP contribution in [0, 0.1) is 0 Å². The lowest BCUT2D eigenvalue weighted by Crippen LogP contribution is -2.29. The minimum absolute atomic E-state index is 0.623. The van der Waals surface area contributed by atoms with Crippen LogP contribution in [0.2, 0.25) is 0 Å². The Hall–Kier alpha value is -1.89. The number of nitrogens with one attached hydrogen (secondary N) is 3. The molecule has 0 fully saturated rings. The van der Waals surface area contributed by atoms with Gasteiger partial charge in [-0.3, -0.25) is 5.10 Å². The highest BCUT2D eigenvalue weighted by Gasteiger charge is 2.09. The van der Waals surface area contributed by atoms with Gasteiger partial charge in [0.05, 0.1) is 11.6 Å². The molecule has 0 aliphatic carbocycles. The fraction of sp³-hybridized carbons (Fsp3) is 0.643. The van der Waals surface area contributed by atoms with E-state index in [1.165, 1.54) is 6.42 Å². The van der Waals surface area contributed by atoms with Gasteiger partial charge in [-0.15, -0.1) is 0 Å². The minimum Gasteiger partial charge on any atom is -0.368 e. The first-order valence-electron chi connectivity index (χ1n) is 7.69. The molecule has 3 N–H and O–H groups in total. The van der Waals surface area contributed by atoms with E-state index in [1.54, 1.807) is 6.20 Å². The topological polar surface area (TPSA) is 81.8 Å². The molecular formula is C14H25N7. The number of likely N-dealkylation sites (N-methyl/N-ethyl adjacent to an activating group) is 1. The Morgan fingerprint density at radius 1 is 1.14 bits per heavy atom. The Balaban J connectivity index is 2.04. The highest BCUT2D eigenvalue weighted by molar-refractivity contribution is 5.86. The van der Waals surface area contributed by atoms with E-state index in [9.17, 15) is 0 Å². The van der Waals surface area contributed by atoms with Gasteiger partial charge in [0.1, 0.15) is 5.82 Å². The average molecular weight is 291 g/mol. The molecule has 0 saturated heterocycles. The lowest BCUT2D eigenvalue weighted by atomic mass is 10.3. The molecule has 2 rings (SSSR count). The van der Waals surface area contributed by atoms with Crippen LogP contribution < -0.4 is 10.6 Å². The molecule has 0 saturated carbocycles. The maximum absolute atomic E-state index is 4.52. The number of rotatable bonds is 9. The predicted octanol–water partition coefficient (Wildman–Crippen LogP) is 1.93. The number of H-pyrrole nitrogens is 1. The number of aromatic amines is 1. The normalized spacial score (nSPS) is 11.2. The molecule has 0 aliphatic rings. The van der Waals surface area contributed by atoms with Crippen molar-refractivity contribution in [1.29, 1.82) is 0 Å². The number of aromatic nitrogens is 4. The van der Waals surface area contributed by atoms with E-state index in [1.807, 2.05) is 6.92 Å². The molecule has 7 heteroatoms. The molecule has 116 valence electrons. The van der Waals surface area contributed by atoms with Crippen molar-refractivity contribution < 1.29 is 0 Å². The van der Waals surface area contributed by atoms with Gasteiger partial charge in [-0.2, -0.15) is 15.1 Å². The van der Waals surface area contributed by atoms with Crippen molar-refractivity contribution in [3.05, 3.63) is 6.20 Å². The van der Waals surface area contributed by atoms with Gasteiger partial charge in [0.2, 0.25) is 5.95 Å². The van der Waals surface area contributed by atoms with Crippen molar-refractivity contribution in [2.75, 3.05) is 43.4 Å². The van der Waals surface area contributed by atoms with Gasteiger partial charge < -0.3 is 15.5 Å². The Morgan fingerprint density at radius 3 is 2.71 bits per heavy atom. The zero-order valence-electron chi connectivity index (χ0n) is 13.1. The van der Waals surface area contributed by atoms with Crippen LogP contribution in [0.1, 0.15) is 27.2 Å². The van der Waals surface area contributed by atoms with Crippen LogP contribution in [0.5, 0.6) is 0 Å². The maximum Gasteiger partial charge on any atom is 0.226 e. The third kappa shape index (κ3) is 4.04. The zero-order valence-corrected chi connectivity index (χ0v) is 13.1. The molecule has 0 amide bonds. The van der Waals surface area contributed by atoms with E-state index in [0.29, 0.717) is 5.95 Å². The van der Waals surface area contributed by atoms with E-state index in [2.05, 4.69) is 49.5 Å². The summed E-state index contributed by atoms with van der Waals surface area (Å²) in [5.74, 6) is 1.45. The van der Waals surface area contributed by atoms with Crippen molar-refractivity contribution >= 4 is 22.8 Å². The summed E-state index contributed by atoms with van der Waals surface area (Å²) < 4.78 is 0. The van der Waals surface area contributed by atoms with E-state index in [4.69, 9.17) is 0 Å². The molecule has 0 aliphatic heterocycles. The molecule has 0 unspecified atom stereocenters. The zero-order chi connectivity index (χ0) is 15.1. The summed E-state index contributed by atoms with van der Waals surface area (Å²) in [6.07, 6.45) is 2.94. The van der Waals surface area contributed by atoms with Crippen molar-refractivity contribution in [2.45, 2.75) is 27.2 Å². The molecule has 0 bridgehead atoms. The van der Waals surface area contributed by atoms with Gasteiger partial charge in [-0.05, 0) is 26.4 Å². The molecular weight excluding hydrogens is 266 g/mol. The van der Waals surface area contributed by atoms with Crippen LogP contribution in [-0.4, -0.2) is 57.8 Å². The SMILES string of the molecule is CCCN(CC)CCNc1nc(NCC)nc2[nH]ncc12. The van der Waals surface area contributed by atoms with Gasteiger partial charge in [-0.1, -0.05) is 13.8 Å². The van der Waals surface area contributed by atoms with E-state index in [-0.39, 0.29) is 0 Å². The third-order valence-electron chi connectivity index (χ3n) is 3.35. The fourth-order valence-electron chi connectivity index (χ4n) is 2.28. The number of anilines is 2. The van der Waals surface area contributed by atoms with Crippen LogP contribution in [0.4, 0.5) is 11.8 Å². The first-order valence-corrected chi connectivity index (χ1v) is 7.69. The molecule has 21 heavy (non-hydrogen) atoms. The quantitative estimate of drug-likeness (QED) is 0.655. The molecule has 0 radical (unpaired) electrons. The monoisotopic (exact) mass is 291 g/mol. The Bertz CT molecular complexity index is 551. The lowest BCUT2D eigenvalue weighted by Gasteiger charge is -2.19. The number of hydrogen-bond donors (Lipinski definition) is 3. The molecule has 2 aromatic heterocycles. The first kappa shape index (κ1) is 15.5. The summed E-state index contributed by atoms with van der Waals surface area (Å²) in [5.41, 5.74) is 0.754. The van der Waals surface area contributed by atoms with E-state index < -0.39 is 0 Å². The lowest BCUT2D eigenvalue weighted by molar-refractivity contribution is 0.300. The van der Waals surface area contributed by atoms with E-state index in [0.717, 1.165) is 49.6 Å². The Kier molecular flexibility index (Phi) is 5.74. The molecule has 2 aromatic rings. The van der Waals surface area contributed by atoms with Crippen LogP contribution in [0.15, 0.2) is 6.20 Å². The Labute approximate surface area is 125 Å². The summed E-state index contributed by atoms with van der Waals surface area (Å²) in [6.45, 7) is 11.3. The number of fused-ring (bicyclic) bond motifs is 1. The van der Waals surface area contributed by atoms with Crippen molar-refractivity contribution in [1.82, 2.24) is 25.1 Å². The summed E-state index contributed by atoms with van der Waals surface area (Å²) in [5, 5.41) is 14.4. The standard InChI is InChI=1S/C14H25N7/c1-4-8-21(6-3)9-7-16-12-11-10-17-20-13(11)19-14(18-12)15-5-2/h10H,4-9H2,1-3H3,(H3,15,16,17,18,19,20). The van der Waals surface area contributed by atoms with Crippen LogP contribution in [0.25, 0.3) is 11.0 Å². The van der Waals surface area contributed by atoms with Gasteiger partial charge in [-0.25, -0.2) is 0 Å². The van der Waals surface area contributed by atoms with Gasteiger partial charge >= 0.3 is 0 Å². The highest BCUT2D eigenvalue weighted by Crippen LogP contribution is 2.19. The summed E-state index contributed by atoms with van der Waals surface area (Å²) in [7, 11) is 0. The molecule has 7 nitrogen and oxygen atoms in total. The maximum atomic E-state index is 4.52. The predicted molar refractivity (Wildman–Crippen MR) is 86.7 cm³/mol. The smallest absolute Gasteiger partial charge is 0.226 e. The van der Waals surface area contributed by atoms with Gasteiger partial charge in [0, 0.05) is 19.6 Å². The average Bonchev–Trinajstić information content (AvgIpc) is 2.95. The molecule has 0 spiro atoms. The second-order valence-electron chi connectivity index (χ2n) is 4.92. The third-order valence-corrected chi connectivity index (χ3v) is 3.35. The highest BCUT2D eigenvalue weighted by atomic mass is 15.2. The van der Waals surface area contributed by atoms with Crippen LogP contribution in [-0.2, 0) is 0 Å². The molecule has 0 aromatic carbocycles. The number of nitrogens with zero attached hydrogens (tertiary/aromatic N) is 4. The fourth-order valence-corrected chi connectivity index (χ4v) is 2.28. The van der Waals surface area contributed by atoms with Crippen molar-refractivity contribution in [2.24, 2.45) is 0 Å². The minimum atomic E-state index is 0.623. The number of hydrogen-bond acceptors (Lipinski definition) is 6. The Morgan fingerprint density at radius 2 is 2.00 bits per heavy atom. The van der Waals surface area contributed by atoms with Crippen molar-refractivity contribution in [3.63, 3.8) is 0 Å². The summed E-state index contributed by atoms with van der Waals surface area (Å²) in [6, 6.07) is 0. The summed E-state index contributed by atoms with van der Waals surface area (Å²) >= 11 is 0. The first-order chi connectivity index (χ1) is 10.3. The largest absolute Gasteiger partial charge is 0.368 e. The molecule has 0 atom stereocenters. The van der Waals surface area contributed by atoms with Crippen LogP contribution >= 0.6 is 0 Å². The van der Waals surface area contributed by atoms with E-state index >= 15 is 0 Å². The second kappa shape index (κ2) is 7.78.